The van der Waals surface area contributed by atoms with E-state index in [0.29, 0.717) is 12.6 Å². The van der Waals surface area contributed by atoms with Crippen molar-refractivity contribution in [3.8, 4) is 0 Å². The third-order valence-electron chi connectivity index (χ3n) is 3.65. The van der Waals surface area contributed by atoms with Crippen molar-refractivity contribution in [2.24, 2.45) is 5.73 Å². The van der Waals surface area contributed by atoms with Crippen LogP contribution in [0.1, 0.15) is 38.5 Å². The quantitative estimate of drug-likeness (QED) is 0.793. The number of carbonyl (C=O) groups is 1. The molecule has 0 aromatic rings. The number of nitrogens with zero attached hydrogens (tertiary/aromatic N) is 1. The van der Waals surface area contributed by atoms with Crippen LogP contribution in [0.5, 0.6) is 0 Å². The van der Waals surface area contributed by atoms with Gasteiger partial charge in [0.1, 0.15) is 0 Å². The third kappa shape index (κ3) is 4.82. The van der Waals surface area contributed by atoms with Crippen molar-refractivity contribution in [1.82, 2.24) is 10.2 Å². The molecular weight excluding hydrogens is 238 g/mol. The molecule has 2 aliphatic rings. The van der Waals surface area contributed by atoms with Gasteiger partial charge in [0.15, 0.2) is 0 Å². The standard InChI is InChI=1S/C12H23N3O.ClH/c13-10-6-7-15(8-10)9-12(16)14-11-4-2-1-3-5-11;/h10-11H,1-9,13H2,(H,14,16);1H. The van der Waals surface area contributed by atoms with Crippen LogP contribution in [-0.4, -0.2) is 42.5 Å². The molecule has 100 valence electrons. The lowest BCUT2D eigenvalue weighted by atomic mass is 9.95. The zero-order chi connectivity index (χ0) is 11.4. The van der Waals surface area contributed by atoms with E-state index in [-0.39, 0.29) is 24.4 Å². The van der Waals surface area contributed by atoms with Crippen LogP contribution in [0.3, 0.4) is 0 Å². The largest absolute Gasteiger partial charge is 0.352 e. The molecule has 5 heteroatoms. The zero-order valence-electron chi connectivity index (χ0n) is 10.4. The van der Waals surface area contributed by atoms with Crippen molar-refractivity contribution in [2.75, 3.05) is 19.6 Å². The Balaban J connectivity index is 0.00000144. The Morgan fingerprint density at radius 1 is 1.24 bits per heavy atom. The van der Waals surface area contributed by atoms with Crippen LogP contribution < -0.4 is 11.1 Å². The van der Waals surface area contributed by atoms with E-state index in [1.165, 1.54) is 19.3 Å². The van der Waals surface area contributed by atoms with Crippen LogP contribution in [0.25, 0.3) is 0 Å². The van der Waals surface area contributed by atoms with Crippen molar-refractivity contribution >= 4 is 18.3 Å². The summed E-state index contributed by atoms with van der Waals surface area (Å²) in [5.41, 5.74) is 5.81. The number of nitrogens with one attached hydrogen (secondary N) is 1. The maximum Gasteiger partial charge on any atom is 0.234 e. The SMILES string of the molecule is Cl.NC1CCN(CC(=O)NC2CCCCC2)C1. The average molecular weight is 262 g/mol. The number of carbonyl (C=O) groups excluding carboxylic acids is 1. The third-order valence-corrected chi connectivity index (χ3v) is 3.65. The fourth-order valence-corrected chi connectivity index (χ4v) is 2.73. The molecule has 4 nitrogen and oxygen atoms in total. The van der Waals surface area contributed by atoms with Gasteiger partial charge in [0.05, 0.1) is 6.54 Å². The summed E-state index contributed by atoms with van der Waals surface area (Å²) in [6.07, 6.45) is 7.19. The summed E-state index contributed by atoms with van der Waals surface area (Å²) < 4.78 is 0. The van der Waals surface area contributed by atoms with Crippen molar-refractivity contribution in [1.29, 1.82) is 0 Å². The molecule has 2 rings (SSSR count). The fraction of sp³-hybridized carbons (Fsp3) is 0.917. The summed E-state index contributed by atoms with van der Waals surface area (Å²) in [5.74, 6) is 0.181. The van der Waals surface area contributed by atoms with Gasteiger partial charge in [0, 0.05) is 25.2 Å². The first-order valence-corrected chi connectivity index (χ1v) is 6.51. The van der Waals surface area contributed by atoms with Crippen LogP contribution in [0.15, 0.2) is 0 Å². The summed E-state index contributed by atoms with van der Waals surface area (Å²) >= 11 is 0. The highest BCUT2D eigenvalue weighted by Crippen LogP contribution is 2.17. The molecule has 0 spiro atoms. The highest BCUT2D eigenvalue weighted by atomic mass is 35.5. The topological polar surface area (TPSA) is 58.4 Å². The first-order chi connectivity index (χ1) is 7.74. The van der Waals surface area contributed by atoms with Gasteiger partial charge in [-0.25, -0.2) is 0 Å². The predicted octanol–water partition coefficient (Wildman–Crippen LogP) is 0.890. The molecule has 1 heterocycles. The number of likely N-dealkylation sites (tertiary alicyclic amines) is 1. The Labute approximate surface area is 110 Å². The molecule has 1 saturated carbocycles. The minimum atomic E-state index is 0. The van der Waals surface area contributed by atoms with Gasteiger partial charge >= 0.3 is 0 Å². The summed E-state index contributed by atoms with van der Waals surface area (Å²) in [4.78, 5) is 13.9. The van der Waals surface area contributed by atoms with E-state index in [1.54, 1.807) is 0 Å². The lowest BCUT2D eigenvalue weighted by Crippen LogP contribution is -2.42. The van der Waals surface area contributed by atoms with Crippen LogP contribution in [0.4, 0.5) is 0 Å². The van der Waals surface area contributed by atoms with Crippen molar-refractivity contribution in [3.63, 3.8) is 0 Å². The molecule has 17 heavy (non-hydrogen) atoms. The lowest BCUT2D eigenvalue weighted by Gasteiger charge is -2.24. The molecule has 0 aromatic heterocycles. The van der Waals surface area contributed by atoms with Gasteiger partial charge in [-0.1, -0.05) is 19.3 Å². The molecule has 1 amide bonds. The van der Waals surface area contributed by atoms with Gasteiger partial charge in [-0.3, -0.25) is 9.69 Å². The van der Waals surface area contributed by atoms with E-state index < -0.39 is 0 Å². The monoisotopic (exact) mass is 261 g/mol. The maximum absolute atomic E-state index is 11.8. The summed E-state index contributed by atoms with van der Waals surface area (Å²) in [6.45, 7) is 2.38. The number of rotatable bonds is 3. The molecule has 1 aliphatic carbocycles. The van der Waals surface area contributed by atoms with Gasteiger partial charge in [-0.2, -0.15) is 0 Å². The highest BCUT2D eigenvalue weighted by molar-refractivity contribution is 5.85. The van der Waals surface area contributed by atoms with Crippen molar-refractivity contribution in [2.45, 2.75) is 50.6 Å². The van der Waals surface area contributed by atoms with E-state index in [0.717, 1.165) is 32.4 Å². The zero-order valence-corrected chi connectivity index (χ0v) is 11.2. The van der Waals surface area contributed by atoms with Crippen LogP contribution in [0, 0.1) is 0 Å². The summed E-state index contributed by atoms with van der Waals surface area (Å²) in [6, 6.07) is 0.694. The first kappa shape index (κ1) is 14.7. The Morgan fingerprint density at radius 3 is 2.53 bits per heavy atom. The summed E-state index contributed by atoms with van der Waals surface area (Å²) in [7, 11) is 0. The van der Waals surface area contributed by atoms with E-state index in [4.69, 9.17) is 5.73 Å². The number of halogens is 1. The number of hydrogen-bond donors (Lipinski definition) is 2. The Morgan fingerprint density at radius 2 is 1.94 bits per heavy atom. The Hall–Kier alpha value is -0.320. The molecule has 2 fully saturated rings. The second-order valence-electron chi connectivity index (χ2n) is 5.19. The van der Waals surface area contributed by atoms with Crippen LogP contribution >= 0.6 is 12.4 Å². The van der Waals surface area contributed by atoms with E-state index >= 15 is 0 Å². The fourth-order valence-electron chi connectivity index (χ4n) is 2.73. The Kier molecular flexibility index (Phi) is 6.23. The first-order valence-electron chi connectivity index (χ1n) is 6.51. The van der Waals surface area contributed by atoms with E-state index in [9.17, 15) is 4.79 Å². The minimum Gasteiger partial charge on any atom is -0.352 e. The van der Waals surface area contributed by atoms with Crippen molar-refractivity contribution < 1.29 is 4.79 Å². The van der Waals surface area contributed by atoms with Crippen molar-refractivity contribution in [3.05, 3.63) is 0 Å². The van der Waals surface area contributed by atoms with Gasteiger partial charge in [-0.15, -0.1) is 12.4 Å². The average Bonchev–Trinajstić information content (AvgIpc) is 2.65. The second kappa shape index (κ2) is 7.19. The molecule has 1 atom stereocenters. The number of hydrogen-bond acceptors (Lipinski definition) is 3. The van der Waals surface area contributed by atoms with Crippen LogP contribution in [-0.2, 0) is 4.79 Å². The normalized spacial score (nSPS) is 26.5. The van der Waals surface area contributed by atoms with Gasteiger partial charge in [0.25, 0.3) is 0 Å². The van der Waals surface area contributed by atoms with Gasteiger partial charge in [0.2, 0.25) is 5.91 Å². The molecule has 1 saturated heterocycles. The molecule has 1 aliphatic heterocycles. The van der Waals surface area contributed by atoms with Crippen LogP contribution in [0.2, 0.25) is 0 Å². The molecule has 0 radical (unpaired) electrons. The highest BCUT2D eigenvalue weighted by Gasteiger charge is 2.22. The van der Waals surface area contributed by atoms with E-state index in [1.807, 2.05) is 0 Å². The van der Waals surface area contributed by atoms with Gasteiger partial charge in [-0.05, 0) is 19.3 Å². The number of nitrogens with two attached hydrogens (primary N) is 1. The Bertz CT molecular complexity index is 235. The predicted molar refractivity (Wildman–Crippen MR) is 71.3 cm³/mol. The molecule has 3 N–H and O–H groups in total. The molecule has 1 unspecified atom stereocenters. The lowest BCUT2D eigenvalue weighted by molar-refractivity contribution is -0.122. The summed E-state index contributed by atoms with van der Waals surface area (Å²) in [5, 5.41) is 3.14. The second-order valence-corrected chi connectivity index (χ2v) is 5.19. The molecular formula is C12H24ClN3O. The smallest absolute Gasteiger partial charge is 0.234 e. The maximum atomic E-state index is 11.8. The van der Waals surface area contributed by atoms with E-state index in [2.05, 4.69) is 10.2 Å². The minimum absolute atomic E-state index is 0. The molecule has 0 bridgehead atoms. The number of amides is 1. The molecule has 0 aromatic carbocycles. The van der Waals surface area contributed by atoms with Gasteiger partial charge < -0.3 is 11.1 Å².